The molecule has 1 aromatic heterocycles. The van der Waals surface area contributed by atoms with E-state index in [1.807, 2.05) is 24.4 Å². The van der Waals surface area contributed by atoms with Gasteiger partial charge in [0.05, 0.1) is 6.04 Å². The molecule has 6 heteroatoms. The number of hydrogen-bond acceptors (Lipinski definition) is 3. The van der Waals surface area contributed by atoms with Gasteiger partial charge in [-0.05, 0) is 30.7 Å². The molecule has 2 rings (SSSR count). The highest BCUT2D eigenvalue weighted by molar-refractivity contribution is 7.10. The Hall–Kier alpha value is -1.56. The number of hydrogen-bond donors (Lipinski definition) is 3. The summed E-state index contributed by atoms with van der Waals surface area (Å²) in [5.74, 6) is -0.936. The lowest BCUT2D eigenvalue weighted by Gasteiger charge is -2.27. The number of urea groups is 1. The zero-order valence-corrected chi connectivity index (χ0v) is 12.3. The van der Waals surface area contributed by atoms with Crippen LogP contribution in [-0.2, 0) is 4.79 Å². The molecule has 0 bridgehead atoms. The molecule has 1 aliphatic carbocycles. The molecule has 0 aliphatic heterocycles. The van der Waals surface area contributed by atoms with Gasteiger partial charge in [-0.1, -0.05) is 25.8 Å². The van der Waals surface area contributed by atoms with E-state index in [0.29, 0.717) is 12.8 Å². The lowest BCUT2D eigenvalue weighted by molar-refractivity contribution is -0.144. The maximum Gasteiger partial charge on any atom is 0.329 e. The minimum Gasteiger partial charge on any atom is -0.480 e. The summed E-state index contributed by atoms with van der Waals surface area (Å²) in [5, 5.41) is 16.9. The van der Waals surface area contributed by atoms with Crippen LogP contribution in [0.1, 0.15) is 49.9 Å². The van der Waals surface area contributed by atoms with Gasteiger partial charge < -0.3 is 15.7 Å². The number of thiophene rings is 1. The molecular weight excluding hydrogens is 276 g/mol. The first-order valence-corrected chi connectivity index (χ1v) is 7.81. The van der Waals surface area contributed by atoms with Crippen molar-refractivity contribution >= 4 is 23.3 Å². The Balaban J connectivity index is 1.99. The fraction of sp³-hybridized carbons (Fsp3) is 0.571. The zero-order valence-electron chi connectivity index (χ0n) is 11.5. The molecule has 0 saturated heterocycles. The number of rotatable bonds is 5. The SMILES string of the molecule is CCC(NC(=O)NC1(C(=O)O)CCCC1)c1cccs1. The Morgan fingerprint density at radius 1 is 1.45 bits per heavy atom. The summed E-state index contributed by atoms with van der Waals surface area (Å²) in [6.07, 6.45) is 3.47. The van der Waals surface area contributed by atoms with Crippen molar-refractivity contribution in [2.24, 2.45) is 0 Å². The van der Waals surface area contributed by atoms with Crippen molar-refractivity contribution in [3.63, 3.8) is 0 Å². The smallest absolute Gasteiger partial charge is 0.329 e. The van der Waals surface area contributed by atoms with Crippen molar-refractivity contribution in [3.8, 4) is 0 Å². The van der Waals surface area contributed by atoms with E-state index in [4.69, 9.17) is 0 Å². The highest BCUT2D eigenvalue weighted by Crippen LogP contribution is 2.30. The van der Waals surface area contributed by atoms with Crippen LogP contribution in [-0.4, -0.2) is 22.6 Å². The third-order valence-electron chi connectivity index (χ3n) is 3.82. The Bertz CT molecular complexity index is 467. The van der Waals surface area contributed by atoms with Gasteiger partial charge in [-0.2, -0.15) is 0 Å². The summed E-state index contributed by atoms with van der Waals surface area (Å²) < 4.78 is 0. The Morgan fingerprint density at radius 2 is 2.15 bits per heavy atom. The first-order valence-electron chi connectivity index (χ1n) is 6.93. The monoisotopic (exact) mass is 296 g/mol. The second-order valence-electron chi connectivity index (χ2n) is 5.17. The van der Waals surface area contributed by atoms with E-state index in [1.54, 1.807) is 11.3 Å². The maximum atomic E-state index is 12.1. The molecule has 1 heterocycles. The van der Waals surface area contributed by atoms with Gasteiger partial charge in [0, 0.05) is 4.88 Å². The van der Waals surface area contributed by atoms with Gasteiger partial charge in [-0.3, -0.25) is 0 Å². The Kier molecular flexibility index (Phi) is 4.65. The molecule has 0 radical (unpaired) electrons. The molecule has 0 aromatic carbocycles. The molecule has 20 heavy (non-hydrogen) atoms. The second kappa shape index (κ2) is 6.26. The minimum absolute atomic E-state index is 0.0674. The molecule has 3 N–H and O–H groups in total. The van der Waals surface area contributed by atoms with Gasteiger partial charge in [-0.15, -0.1) is 11.3 Å². The summed E-state index contributed by atoms with van der Waals surface area (Å²) >= 11 is 1.59. The third-order valence-corrected chi connectivity index (χ3v) is 4.81. The topological polar surface area (TPSA) is 78.4 Å². The fourth-order valence-electron chi connectivity index (χ4n) is 2.65. The van der Waals surface area contributed by atoms with Crippen molar-refractivity contribution in [2.45, 2.75) is 50.6 Å². The molecule has 2 amide bonds. The Morgan fingerprint density at radius 3 is 2.65 bits per heavy atom. The maximum absolute atomic E-state index is 12.1. The fourth-order valence-corrected chi connectivity index (χ4v) is 3.51. The van der Waals surface area contributed by atoms with Gasteiger partial charge in [0.2, 0.25) is 0 Å². The molecule has 1 aromatic rings. The van der Waals surface area contributed by atoms with Crippen LogP contribution in [0.15, 0.2) is 17.5 Å². The first-order chi connectivity index (χ1) is 9.57. The molecule has 1 unspecified atom stereocenters. The minimum atomic E-state index is -1.09. The predicted octanol–water partition coefficient (Wildman–Crippen LogP) is 2.90. The van der Waals surface area contributed by atoms with E-state index in [9.17, 15) is 14.7 Å². The standard InChI is InChI=1S/C14H20N2O3S/c1-2-10(11-6-5-9-20-11)15-13(19)16-14(12(17)18)7-3-4-8-14/h5-6,9-10H,2-4,7-8H2,1H3,(H,17,18)(H2,15,16,19). The lowest BCUT2D eigenvalue weighted by Crippen LogP contribution is -2.55. The summed E-state index contributed by atoms with van der Waals surface area (Å²) in [6, 6.07) is 3.45. The van der Waals surface area contributed by atoms with Crippen LogP contribution in [0.4, 0.5) is 4.79 Å². The van der Waals surface area contributed by atoms with Crippen LogP contribution in [0.25, 0.3) is 0 Å². The number of carbonyl (C=O) groups excluding carboxylic acids is 1. The van der Waals surface area contributed by atoms with Crippen LogP contribution < -0.4 is 10.6 Å². The van der Waals surface area contributed by atoms with Gasteiger partial charge in [0.25, 0.3) is 0 Å². The van der Waals surface area contributed by atoms with E-state index in [2.05, 4.69) is 10.6 Å². The van der Waals surface area contributed by atoms with Crippen LogP contribution in [0, 0.1) is 0 Å². The van der Waals surface area contributed by atoms with Gasteiger partial charge in [0.1, 0.15) is 5.54 Å². The summed E-state index contributed by atoms with van der Waals surface area (Å²) in [4.78, 5) is 24.6. The van der Waals surface area contributed by atoms with E-state index in [-0.39, 0.29) is 6.04 Å². The van der Waals surface area contributed by atoms with E-state index in [1.165, 1.54) is 0 Å². The van der Waals surface area contributed by atoms with Crippen molar-refractivity contribution < 1.29 is 14.7 Å². The normalized spacial score (nSPS) is 18.4. The zero-order chi connectivity index (χ0) is 14.6. The van der Waals surface area contributed by atoms with Crippen LogP contribution >= 0.6 is 11.3 Å². The lowest BCUT2D eigenvalue weighted by atomic mass is 9.98. The molecule has 110 valence electrons. The predicted molar refractivity (Wildman–Crippen MR) is 77.9 cm³/mol. The largest absolute Gasteiger partial charge is 0.480 e. The van der Waals surface area contributed by atoms with Gasteiger partial charge >= 0.3 is 12.0 Å². The molecule has 0 spiro atoms. The van der Waals surface area contributed by atoms with E-state index < -0.39 is 17.5 Å². The van der Waals surface area contributed by atoms with Crippen molar-refractivity contribution in [3.05, 3.63) is 22.4 Å². The summed E-state index contributed by atoms with van der Waals surface area (Å²) in [5.41, 5.74) is -1.09. The number of nitrogens with one attached hydrogen (secondary N) is 2. The average molecular weight is 296 g/mol. The van der Waals surface area contributed by atoms with Crippen LogP contribution in [0.5, 0.6) is 0 Å². The number of carboxylic acids is 1. The number of carbonyl (C=O) groups is 2. The first kappa shape index (κ1) is 14.8. The summed E-state index contributed by atoms with van der Waals surface area (Å²) in [7, 11) is 0. The Labute approximate surface area is 122 Å². The van der Waals surface area contributed by atoms with Gasteiger partial charge in [-0.25, -0.2) is 9.59 Å². The second-order valence-corrected chi connectivity index (χ2v) is 6.15. The average Bonchev–Trinajstić information content (AvgIpc) is 3.07. The molecule has 5 nitrogen and oxygen atoms in total. The van der Waals surface area contributed by atoms with Crippen LogP contribution in [0.3, 0.4) is 0 Å². The highest BCUT2D eigenvalue weighted by atomic mass is 32.1. The summed E-state index contributed by atoms with van der Waals surface area (Å²) in [6.45, 7) is 1.99. The number of amides is 2. The quantitative estimate of drug-likeness (QED) is 0.781. The van der Waals surface area contributed by atoms with Crippen molar-refractivity contribution in [2.75, 3.05) is 0 Å². The third kappa shape index (κ3) is 3.12. The molecule has 1 atom stereocenters. The molecule has 1 aliphatic rings. The molecule has 1 fully saturated rings. The number of aliphatic carboxylic acids is 1. The van der Waals surface area contributed by atoms with E-state index >= 15 is 0 Å². The number of carboxylic acid groups (broad SMARTS) is 1. The van der Waals surface area contributed by atoms with Crippen molar-refractivity contribution in [1.29, 1.82) is 0 Å². The highest BCUT2D eigenvalue weighted by Gasteiger charge is 2.42. The van der Waals surface area contributed by atoms with Crippen LogP contribution in [0.2, 0.25) is 0 Å². The van der Waals surface area contributed by atoms with E-state index in [0.717, 1.165) is 24.1 Å². The van der Waals surface area contributed by atoms with Gasteiger partial charge in [0.15, 0.2) is 0 Å². The van der Waals surface area contributed by atoms with Crippen molar-refractivity contribution in [1.82, 2.24) is 10.6 Å². The molecule has 1 saturated carbocycles. The molecular formula is C14H20N2O3S.